The third-order valence-electron chi connectivity index (χ3n) is 5.58. The van der Waals surface area contributed by atoms with Crippen LogP contribution in [0.3, 0.4) is 0 Å². The van der Waals surface area contributed by atoms with Crippen molar-refractivity contribution in [1.29, 1.82) is 0 Å². The number of nitrogens with zero attached hydrogens (tertiary/aromatic N) is 1. The Bertz CT molecular complexity index is 1030. The summed E-state index contributed by atoms with van der Waals surface area (Å²) in [7, 11) is -3.75. The first-order valence-corrected chi connectivity index (χ1v) is 11.5. The van der Waals surface area contributed by atoms with Crippen molar-refractivity contribution < 1.29 is 22.7 Å². The number of sulfonamides is 1. The Morgan fingerprint density at radius 3 is 2.70 bits per heavy atom. The standard InChI is InChI=1S/C22H27FN2O4S/c1-15-12-19(6-7-21(15)23)24-22(27)18-4-3-5-20(14-18)30(28,29)25-10-8-17(9-11-26)13-16(25)2/h3-7,12,14,16-17,26H,8-11,13H2,1-2H3,(H,24,27). The molecule has 1 saturated heterocycles. The molecule has 2 atom stereocenters. The van der Waals surface area contributed by atoms with E-state index in [4.69, 9.17) is 5.11 Å². The Hall–Kier alpha value is -2.29. The van der Waals surface area contributed by atoms with Gasteiger partial charge in [0.05, 0.1) is 4.90 Å². The van der Waals surface area contributed by atoms with Crippen LogP contribution < -0.4 is 5.32 Å². The summed E-state index contributed by atoms with van der Waals surface area (Å²) in [6.45, 7) is 3.96. The minimum Gasteiger partial charge on any atom is -0.396 e. The number of piperidine rings is 1. The molecular weight excluding hydrogens is 407 g/mol. The number of anilines is 1. The Labute approximate surface area is 176 Å². The highest BCUT2D eigenvalue weighted by atomic mass is 32.2. The fraction of sp³-hybridized carbons (Fsp3) is 0.409. The van der Waals surface area contributed by atoms with Crippen LogP contribution in [-0.4, -0.2) is 42.9 Å². The number of hydrogen-bond donors (Lipinski definition) is 2. The van der Waals surface area contributed by atoms with Gasteiger partial charge in [0.15, 0.2) is 0 Å². The molecule has 2 unspecified atom stereocenters. The molecule has 8 heteroatoms. The summed E-state index contributed by atoms with van der Waals surface area (Å²) in [6, 6.07) is 10.0. The molecule has 0 radical (unpaired) electrons. The second kappa shape index (κ2) is 9.24. The lowest BCUT2D eigenvalue weighted by molar-refractivity contribution is 0.102. The number of aryl methyl sites for hydroxylation is 1. The van der Waals surface area contributed by atoms with E-state index in [2.05, 4.69) is 5.32 Å². The largest absolute Gasteiger partial charge is 0.396 e. The molecule has 0 saturated carbocycles. The molecule has 1 aliphatic rings. The van der Waals surface area contributed by atoms with Crippen LogP contribution in [0.5, 0.6) is 0 Å². The number of nitrogens with one attached hydrogen (secondary N) is 1. The van der Waals surface area contributed by atoms with Crippen molar-refractivity contribution in [3.63, 3.8) is 0 Å². The van der Waals surface area contributed by atoms with Gasteiger partial charge in [0.2, 0.25) is 10.0 Å². The van der Waals surface area contributed by atoms with Crippen LogP contribution in [-0.2, 0) is 10.0 Å². The van der Waals surface area contributed by atoms with Gasteiger partial charge in [-0.3, -0.25) is 4.79 Å². The smallest absolute Gasteiger partial charge is 0.255 e. The van der Waals surface area contributed by atoms with Crippen LogP contribution in [0.25, 0.3) is 0 Å². The number of aliphatic hydroxyl groups excluding tert-OH is 1. The van der Waals surface area contributed by atoms with Gasteiger partial charge in [0.1, 0.15) is 5.82 Å². The predicted molar refractivity (Wildman–Crippen MR) is 113 cm³/mol. The monoisotopic (exact) mass is 434 g/mol. The SMILES string of the molecule is Cc1cc(NC(=O)c2cccc(S(=O)(=O)N3CCC(CCO)CC3C)c2)ccc1F. The molecule has 1 aliphatic heterocycles. The highest BCUT2D eigenvalue weighted by molar-refractivity contribution is 7.89. The van der Waals surface area contributed by atoms with Gasteiger partial charge in [-0.2, -0.15) is 4.31 Å². The summed E-state index contributed by atoms with van der Waals surface area (Å²) in [6.07, 6.45) is 2.08. The van der Waals surface area contributed by atoms with E-state index >= 15 is 0 Å². The molecule has 2 aromatic carbocycles. The normalized spacial score (nSPS) is 20.1. The molecule has 6 nitrogen and oxygen atoms in total. The molecule has 0 aliphatic carbocycles. The molecule has 0 spiro atoms. The average molecular weight is 435 g/mol. The fourth-order valence-corrected chi connectivity index (χ4v) is 5.61. The van der Waals surface area contributed by atoms with Crippen LogP contribution in [0.1, 0.15) is 42.1 Å². The number of rotatable bonds is 6. The van der Waals surface area contributed by atoms with Crippen molar-refractivity contribution in [3.05, 3.63) is 59.4 Å². The summed E-state index contributed by atoms with van der Waals surface area (Å²) < 4.78 is 41.3. The quantitative estimate of drug-likeness (QED) is 0.728. The number of halogens is 1. The van der Waals surface area contributed by atoms with Crippen LogP contribution in [0.2, 0.25) is 0 Å². The minimum absolute atomic E-state index is 0.0675. The average Bonchev–Trinajstić information content (AvgIpc) is 2.71. The Morgan fingerprint density at radius 2 is 2.03 bits per heavy atom. The summed E-state index contributed by atoms with van der Waals surface area (Å²) in [5.41, 5.74) is 1.05. The molecule has 2 aromatic rings. The zero-order valence-corrected chi connectivity index (χ0v) is 18.0. The molecule has 1 amide bonds. The van der Waals surface area contributed by atoms with Gasteiger partial charge in [0, 0.05) is 30.4 Å². The van der Waals surface area contributed by atoms with E-state index in [1.54, 1.807) is 19.1 Å². The maximum Gasteiger partial charge on any atom is 0.255 e. The van der Waals surface area contributed by atoms with E-state index in [9.17, 15) is 17.6 Å². The van der Waals surface area contributed by atoms with Crippen LogP contribution in [0, 0.1) is 18.7 Å². The van der Waals surface area contributed by atoms with E-state index in [1.165, 1.54) is 34.6 Å². The summed E-state index contributed by atoms with van der Waals surface area (Å²) in [5, 5.41) is 11.8. The number of benzene rings is 2. The van der Waals surface area contributed by atoms with E-state index < -0.39 is 15.9 Å². The first-order chi connectivity index (χ1) is 14.2. The second-order valence-electron chi connectivity index (χ2n) is 7.81. The van der Waals surface area contributed by atoms with E-state index in [-0.39, 0.29) is 28.9 Å². The van der Waals surface area contributed by atoms with Crippen LogP contribution in [0.15, 0.2) is 47.4 Å². The van der Waals surface area contributed by atoms with Crippen LogP contribution in [0.4, 0.5) is 10.1 Å². The van der Waals surface area contributed by atoms with Gasteiger partial charge in [-0.25, -0.2) is 12.8 Å². The number of amides is 1. The molecule has 1 heterocycles. The molecule has 162 valence electrons. The third kappa shape index (κ3) is 4.88. The number of hydrogen-bond acceptors (Lipinski definition) is 4. The lowest BCUT2D eigenvalue weighted by Crippen LogP contribution is -2.44. The zero-order valence-electron chi connectivity index (χ0n) is 17.1. The van der Waals surface area contributed by atoms with Crippen molar-refractivity contribution in [2.75, 3.05) is 18.5 Å². The Kier molecular flexibility index (Phi) is 6.90. The lowest BCUT2D eigenvalue weighted by atomic mass is 9.91. The number of aliphatic hydroxyl groups is 1. The highest BCUT2D eigenvalue weighted by Gasteiger charge is 2.34. The molecule has 1 fully saturated rings. The third-order valence-corrected chi connectivity index (χ3v) is 7.59. The predicted octanol–water partition coefficient (Wildman–Crippen LogP) is 3.56. The summed E-state index contributed by atoms with van der Waals surface area (Å²) in [5.74, 6) is -0.515. The molecule has 30 heavy (non-hydrogen) atoms. The van der Waals surface area contributed by atoms with Crippen molar-refractivity contribution in [2.45, 2.75) is 44.0 Å². The summed E-state index contributed by atoms with van der Waals surface area (Å²) >= 11 is 0. The van der Waals surface area contributed by atoms with Crippen molar-refractivity contribution >= 4 is 21.6 Å². The molecule has 0 bridgehead atoms. The summed E-state index contributed by atoms with van der Waals surface area (Å²) in [4.78, 5) is 12.7. The Balaban J connectivity index is 1.78. The number of carbonyl (C=O) groups excluding carboxylic acids is 1. The van der Waals surface area contributed by atoms with Gasteiger partial charge >= 0.3 is 0 Å². The number of carbonyl (C=O) groups is 1. The van der Waals surface area contributed by atoms with E-state index in [0.717, 1.165) is 0 Å². The minimum atomic E-state index is -3.75. The van der Waals surface area contributed by atoms with Crippen LogP contribution >= 0.6 is 0 Å². The maximum atomic E-state index is 13.4. The molecule has 0 aromatic heterocycles. The van der Waals surface area contributed by atoms with Gasteiger partial charge < -0.3 is 10.4 Å². The van der Waals surface area contributed by atoms with Gasteiger partial charge in [-0.15, -0.1) is 0 Å². The first-order valence-electron chi connectivity index (χ1n) is 10.0. The van der Waals surface area contributed by atoms with E-state index in [1.807, 2.05) is 6.92 Å². The second-order valence-corrected chi connectivity index (χ2v) is 9.70. The Morgan fingerprint density at radius 1 is 1.27 bits per heavy atom. The van der Waals surface area contributed by atoms with Crippen molar-refractivity contribution in [2.24, 2.45) is 5.92 Å². The van der Waals surface area contributed by atoms with E-state index in [0.29, 0.717) is 43.0 Å². The fourth-order valence-electron chi connectivity index (χ4n) is 3.91. The molecular formula is C22H27FN2O4S. The molecule has 2 N–H and O–H groups in total. The van der Waals surface area contributed by atoms with Gasteiger partial charge in [0.25, 0.3) is 5.91 Å². The molecule has 3 rings (SSSR count). The topological polar surface area (TPSA) is 86.7 Å². The van der Waals surface area contributed by atoms with Crippen molar-refractivity contribution in [3.8, 4) is 0 Å². The highest BCUT2D eigenvalue weighted by Crippen LogP contribution is 2.30. The lowest BCUT2D eigenvalue weighted by Gasteiger charge is -2.36. The van der Waals surface area contributed by atoms with Gasteiger partial charge in [-0.1, -0.05) is 6.07 Å². The van der Waals surface area contributed by atoms with Crippen molar-refractivity contribution in [1.82, 2.24) is 4.31 Å². The maximum absolute atomic E-state index is 13.4. The van der Waals surface area contributed by atoms with Gasteiger partial charge in [-0.05, 0) is 81.0 Å². The zero-order chi connectivity index (χ0) is 21.9. The first kappa shape index (κ1) is 22.4.